The highest BCUT2D eigenvalue weighted by molar-refractivity contribution is 6.33. The van der Waals surface area contributed by atoms with Crippen molar-refractivity contribution in [2.24, 2.45) is 0 Å². The van der Waals surface area contributed by atoms with Gasteiger partial charge in [-0.1, -0.05) is 65.7 Å². The quantitative estimate of drug-likeness (QED) is 0.425. The first kappa shape index (κ1) is 15.9. The van der Waals surface area contributed by atoms with Gasteiger partial charge in [-0.25, -0.2) is 4.98 Å². The molecule has 4 aromatic rings. The molecular formula is C21H14Cl2N2. The van der Waals surface area contributed by atoms with Crippen molar-refractivity contribution in [1.82, 2.24) is 4.98 Å². The minimum absolute atomic E-state index is 0.658. The topological polar surface area (TPSA) is 24.9 Å². The molecule has 0 saturated carbocycles. The van der Waals surface area contributed by atoms with Gasteiger partial charge >= 0.3 is 0 Å². The molecule has 4 rings (SSSR count). The highest BCUT2D eigenvalue weighted by Gasteiger charge is 2.09. The Kier molecular flexibility index (Phi) is 4.31. The Hall–Kier alpha value is -2.55. The third kappa shape index (κ3) is 3.32. The second-order valence-corrected chi connectivity index (χ2v) is 6.53. The Balaban J connectivity index is 1.86. The van der Waals surface area contributed by atoms with Crippen molar-refractivity contribution in [3.63, 3.8) is 0 Å². The van der Waals surface area contributed by atoms with Gasteiger partial charge in [-0.2, -0.15) is 0 Å². The van der Waals surface area contributed by atoms with Gasteiger partial charge in [-0.3, -0.25) is 0 Å². The summed E-state index contributed by atoms with van der Waals surface area (Å²) in [6.45, 7) is 0. The van der Waals surface area contributed by atoms with Gasteiger partial charge in [0.2, 0.25) is 0 Å². The van der Waals surface area contributed by atoms with Crippen LogP contribution in [0.3, 0.4) is 0 Å². The van der Waals surface area contributed by atoms with E-state index in [9.17, 15) is 0 Å². The maximum atomic E-state index is 6.26. The number of halogens is 2. The molecule has 0 saturated heterocycles. The van der Waals surface area contributed by atoms with Crippen LogP contribution in [0.5, 0.6) is 0 Å². The number of pyridine rings is 1. The van der Waals surface area contributed by atoms with Crippen LogP contribution in [0.25, 0.3) is 22.0 Å². The molecule has 0 radical (unpaired) electrons. The van der Waals surface area contributed by atoms with Crippen molar-refractivity contribution in [2.75, 3.05) is 5.32 Å². The zero-order valence-electron chi connectivity index (χ0n) is 13.2. The number of anilines is 2. The zero-order chi connectivity index (χ0) is 17.2. The Morgan fingerprint density at radius 3 is 2.28 bits per heavy atom. The molecule has 1 aromatic heterocycles. The van der Waals surface area contributed by atoms with Gasteiger partial charge in [0.15, 0.2) is 0 Å². The third-order valence-corrected chi connectivity index (χ3v) is 4.59. The van der Waals surface area contributed by atoms with E-state index in [0.29, 0.717) is 5.02 Å². The van der Waals surface area contributed by atoms with Crippen LogP contribution < -0.4 is 5.32 Å². The van der Waals surface area contributed by atoms with Crippen molar-refractivity contribution in [1.29, 1.82) is 0 Å². The predicted octanol–water partition coefficient (Wildman–Crippen LogP) is 6.95. The average Bonchev–Trinajstić information content (AvgIpc) is 2.64. The number of benzene rings is 3. The molecule has 25 heavy (non-hydrogen) atoms. The van der Waals surface area contributed by atoms with E-state index in [4.69, 9.17) is 28.2 Å². The molecule has 0 amide bonds. The number of nitrogens with zero attached hydrogens (tertiary/aromatic N) is 1. The van der Waals surface area contributed by atoms with Gasteiger partial charge < -0.3 is 5.32 Å². The molecule has 0 aliphatic heterocycles. The summed E-state index contributed by atoms with van der Waals surface area (Å²) in [5.41, 5.74) is 3.93. The average molecular weight is 365 g/mol. The Labute approximate surface area is 156 Å². The molecule has 0 aliphatic carbocycles. The molecule has 122 valence electrons. The van der Waals surface area contributed by atoms with E-state index in [1.54, 1.807) is 0 Å². The lowest BCUT2D eigenvalue weighted by molar-refractivity contribution is 1.37. The van der Waals surface area contributed by atoms with Crippen molar-refractivity contribution < 1.29 is 0 Å². The van der Waals surface area contributed by atoms with E-state index in [0.717, 1.165) is 38.6 Å². The van der Waals surface area contributed by atoms with Crippen LogP contribution in [0.4, 0.5) is 11.5 Å². The van der Waals surface area contributed by atoms with Crippen LogP contribution in [-0.2, 0) is 0 Å². The lowest BCUT2D eigenvalue weighted by Gasteiger charge is -2.12. The van der Waals surface area contributed by atoms with Crippen LogP contribution in [0, 0.1) is 0 Å². The Morgan fingerprint density at radius 1 is 0.760 bits per heavy atom. The van der Waals surface area contributed by atoms with E-state index in [1.807, 2.05) is 72.8 Å². The lowest BCUT2D eigenvalue weighted by atomic mass is 10.0. The molecule has 0 spiro atoms. The highest BCUT2D eigenvalue weighted by atomic mass is 35.5. The smallest absolute Gasteiger partial charge is 0.131 e. The molecule has 0 atom stereocenters. The first-order valence-corrected chi connectivity index (χ1v) is 8.63. The fourth-order valence-electron chi connectivity index (χ4n) is 2.81. The van der Waals surface area contributed by atoms with Gasteiger partial charge in [0.05, 0.1) is 16.2 Å². The van der Waals surface area contributed by atoms with Crippen molar-refractivity contribution in [2.45, 2.75) is 0 Å². The summed E-state index contributed by atoms with van der Waals surface area (Å²) < 4.78 is 0. The number of fused-ring (bicyclic) bond motifs is 1. The number of hydrogen-bond acceptors (Lipinski definition) is 2. The normalized spacial score (nSPS) is 10.8. The Bertz CT molecular complexity index is 1040. The van der Waals surface area contributed by atoms with Gasteiger partial charge in [0.25, 0.3) is 0 Å². The molecular weight excluding hydrogens is 351 g/mol. The molecule has 2 nitrogen and oxygen atoms in total. The van der Waals surface area contributed by atoms with Crippen LogP contribution in [-0.4, -0.2) is 4.98 Å². The number of aromatic nitrogens is 1. The molecule has 1 heterocycles. The zero-order valence-corrected chi connectivity index (χ0v) is 14.7. The summed E-state index contributed by atoms with van der Waals surface area (Å²) in [4.78, 5) is 4.72. The van der Waals surface area contributed by atoms with Crippen molar-refractivity contribution in [3.8, 4) is 11.1 Å². The van der Waals surface area contributed by atoms with Gasteiger partial charge in [-0.05, 0) is 47.5 Å². The second kappa shape index (κ2) is 6.75. The molecule has 0 fully saturated rings. The van der Waals surface area contributed by atoms with E-state index in [2.05, 4.69) is 11.4 Å². The summed E-state index contributed by atoms with van der Waals surface area (Å²) in [5.74, 6) is 0.747. The molecule has 0 unspecified atom stereocenters. The minimum Gasteiger partial charge on any atom is -0.339 e. The van der Waals surface area contributed by atoms with Crippen LogP contribution >= 0.6 is 23.2 Å². The van der Waals surface area contributed by atoms with Crippen LogP contribution in [0.1, 0.15) is 0 Å². The van der Waals surface area contributed by atoms with Crippen LogP contribution in [0.15, 0.2) is 78.9 Å². The number of nitrogens with one attached hydrogen (secondary N) is 1. The number of rotatable bonds is 3. The van der Waals surface area contributed by atoms with Crippen molar-refractivity contribution >= 4 is 45.6 Å². The summed E-state index contributed by atoms with van der Waals surface area (Å²) >= 11 is 12.3. The largest absolute Gasteiger partial charge is 0.339 e. The van der Waals surface area contributed by atoms with E-state index < -0.39 is 0 Å². The fourth-order valence-corrected chi connectivity index (χ4v) is 3.12. The molecule has 0 aliphatic rings. The van der Waals surface area contributed by atoms with E-state index >= 15 is 0 Å². The van der Waals surface area contributed by atoms with Gasteiger partial charge in [0.1, 0.15) is 5.82 Å². The maximum Gasteiger partial charge on any atom is 0.131 e. The summed E-state index contributed by atoms with van der Waals surface area (Å²) in [6.07, 6.45) is 0. The van der Waals surface area contributed by atoms with E-state index in [-0.39, 0.29) is 0 Å². The monoisotopic (exact) mass is 364 g/mol. The summed E-state index contributed by atoms with van der Waals surface area (Å²) in [7, 11) is 0. The predicted molar refractivity (Wildman–Crippen MR) is 107 cm³/mol. The number of hydrogen-bond donors (Lipinski definition) is 1. The lowest BCUT2D eigenvalue weighted by Crippen LogP contribution is -1.96. The summed E-state index contributed by atoms with van der Waals surface area (Å²) in [6, 6.07) is 25.6. The maximum absolute atomic E-state index is 6.26. The SMILES string of the molecule is Clc1ccc(-c2cc(Nc3ccccc3Cl)nc3ccccc23)cc1. The molecule has 4 heteroatoms. The molecule has 3 aromatic carbocycles. The van der Waals surface area contributed by atoms with Gasteiger partial charge in [0, 0.05) is 10.4 Å². The highest BCUT2D eigenvalue weighted by Crippen LogP contribution is 2.32. The van der Waals surface area contributed by atoms with Gasteiger partial charge in [-0.15, -0.1) is 0 Å². The van der Waals surface area contributed by atoms with Crippen LogP contribution in [0.2, 0.25) is 10.0 Å². The molecule has 0 bridgehead atoms. The van der Waals surface area contributed by atoms with E-state index in [1.165, 1.54) is 0 Å². The fraction of sp³-hybridized carbons (Fsp3) is 0. The third-order valence-electron chi connectivity index (χ3n) is 4.01. The number of para-hydroxylation sites is 2. The Morgan fingerprint density at radius 2 is 1.48 bits per heavy atom. The first-order chi connectivity index (χ1) is 12.2. The van der Waals surface area contributed by atoms with Crippen molar-refractivity contribution in [3.05, 3.63) is 88.9 Å². The molecule has 1 N–H and O–H groups in total. The second-order valence-electron chi connectivity index (χ2n) is 5.68. The minimum atomic E-state index is 0.658. The summed E-state index contributed by atoms with van der Waals surface area (Å²) in [5, 5.41) is 5.79. The standard InChI is InChI=1S/C21H14Cl2N2/c22-15-11-9-14(10-12-15)17-13-21(24-19-7-3-1-5-16(17)19)25-20-8-4-2-6-18(20)23/h1-13H,(H,24,25). The first-order valence-electron chi connectivity index (χ1n) is 7.88.